The van der Waals surface area contributed by atoms with Crippen LogP contribution in [-0.4, -0.2) is 31.7 Å². The Morgan fingerprint density at radius 3 is 1.23 bits per heavy atom. The zero-order valence-electron chi connectivity index (χ0n) is 19.7. The van der Waals surface area contributed by atoms with Gasteiger partial charge in [-0.1, -0.05) is 35.4 Å². The topological polar surface area (TPSA) is 43.4 Å². The Hall–Kier alpha value is -2.78. The van der Waals surface area contributed by atoms with Crippen LogP contribution in [0, 0.1) is 19.7 Å². The van der Waals surface area contributed by atoms with Crippen molar-refractivity contribution in [3.63, 3.8) is 0 Å². The SMILES string of the molecule is Cc1ccc(S(OS(=O)(=O)C(F)(F)C(F)(F)C(F)(F)C(F)(F)F)(c2ccc(C)cc2)c2ccc(F)cc2)cc1. The molecule has 214 valence electrons. The van der Waals surface area contributed by atoms with E-state index < -0.39 is 49.5 Å². The van der Waals surface area contributed by atoms with Crippen LogP contribution in [0.4, 0.5) is 43.9 Å². The molecular formula is C24H18F10O3S2. The van der Waals surface area contributed by atoms with Crippen LogP contribution in [0.1, 0.15) is 11.1 Å². The molecule has 0 amide bonds. The number of hydrogen-bond donors (Lipinski definition) is 0. The lowest BCUT2D eigenvalue weighted by atomic mass is 10.1. The van der Waals surface area contributed by atoms with E-state index in [1.165, 1.54) is 48.5 Å². The van der Waals surface area contributed by atoms with Gasteiger partial charge >= 0.3 is 33.4 Å². The van der Waals surface area contributed by atoms with E-state index in [4.69, 9.17) is 3.63 Å². The molecule has 0 spiro atoms. The van der Waals surface area contributed by atoms with Crippen molar-refractivity contribution in [2.45, 2.75) is 51.8 Å². The van der Waals surface area contributed by atoms with Crippen molar-refractivity contribution in [3.8, 4) is 0 Å². The molecular weight excluding hydrogens is 590 g/mol. The molecule has 0 N–H and O–H groups in total. The maximum Gasteiger partial charge on any atom is 0.460 e. The second-order valence-electron chi connectivity index (χ2n) is 8.32. The lowest BCUT2D eigenvalue weighted by Crippen LogP contribution is -2.63. The van der Waals surface area contributed by atoms with Crippen LogP contribution in [-0.2, 0) is 13.7 Å². The summed E-state index contributed by atoms with van der Waals surface area (Å²) in [5.74, 6) is -15.8. The van der Waals surface area contributed by atoms with E-state index in [1.54, 1.807) is 13.8 Å². The zero-order chi connectivity index (χ0) is 29.7. The predicted molar refractivity (Wildman–Crippen MR) is 122 cm³/mol. The molecule has 0 heterocycles. The quantitative estimate of drug-likeness (QED) is 0.241. The highest BCUT2D eigenvalue weighted by Crippen LogP contribution is 2.71. The smallest absolute Gasteiger partial charge is 0.207 e. The van der Waals surface area contributed by atoms with Gasteiger partial charge in [-0.05, 0) is 72.7 Å². The molecule has 0 atom stereocenters. The van der Waals surface area contributed by atoms with Crippen LogP contribution in [0.5, 0.6) is 0 Å². The molecule has 0 fully saturated rings. The summed E-state index contributed by atoms with van der Waals surface area (Å²) in [5, 5.41) is -7.09. The average molecular weight is 609 g/mol. The Morgan fingerprint density at radius 2 is 0.897 bits per heavy atom. The largest absolute Gasteiger partial charge is 0.460 e. The van der Waals surface area contributed by atoms with Gasteiger partial charge < -0.3 is 0 Å². The monoisotopic (exact) mass is 608 g/mol. The second kappa shape index (κ2) is 10.0. The Morgan fingerprint density at radius 1 is 0.564 bits per heavy atom. The maximum absolute atomic E-state index is 14.8. The summed E-state index contributed by atoms with van der Waals surface area (Å²) in [6.45, 7) is 3.16. The Labute approximate surface area is 218 Å². The molecule has 0 saturated heterocycles. The van der Waals surface area contributed by atoms with Crippen molar-refractivity contribution in [1.82, 2.24) is 0 Å². The highest BCUT2D eigenvalue weighted by Gasteiger charge is 2.86. The van der Waals surface area contributed by atoms with Gasteiger partial charge in [0.15, 0.2) is 0 Å². The maximum atomic E-state index is 14.8. The van der Waals surface area contributed by atoms with Crippen molar-refractivity contribution < 1.29 is 56.0 Å². The third-order valence-electron chi connectivity index (χ3n) is 5.47. The number of alkyl halides is 9. The first-order valence-corrected chi connectivity index (χ1v) is 13.6. The number of aryl methyl sites for hydroxylation is 2. The standard InChI is InChI=1S/C24H18F10O3S2/c1-15-3-9-18(10-4-15)38(19-11-5-16(2)6-12-19,20-13-7-17(25)8-14-20)37-39(35,36)24(33,34)22(28,29)21(26,27)23(30,31)32/h3-14H,1-2H3. The summed E-state index contributed by atoms with van der Waals surface area (Å²) in [5.41, 5.74) is 1.11. The van der Waals surface area contributed by atoms with Gasteiger partial charge in [-0.2, -0.15) is 47.9 Å². The minimum Gasteiger partial charge on any atom is -0.207 e. The van der Waals surface area contributed by atoms with Crippen LogP contribution in [0.15, 0.2) is 87.5 Å². The van der Waals surface area contributed by atoms with Gasteiger partial charge in [0.2, 0.25) is 0 Å². The van der Waals surface area contributed by atoms with Crippen molar-refractivity contribution in [3.05, 3.63) is 89.7 Å². The summed E-state index contributed by atoms with van der Waals surface area (Å²) in [4.78, 5) is -0.885. The van der Waals surface area contributed by atoms with E-state index in [-0.39, 0.29) is 14.7 Å². The van der Waals surface area contributed by atoms with Crippen LogP contribution in [0.25, 0.3) is 0 Å². The Kier molecular flexibility index (Phi) is 7.89. The fraction of sp³-hybridized carbons (Fsp3) is 0.250. The van der Waals surface area contributed by atoms with E-state index in [2.05, 4.69) is 0 Å². The first-order valence-electron chi connectivity index (χ1n) is 10.6. The van der Waals surface area contributed by atoms with Gasteiger partial charge in [0.25, 0.3) is 0 Å². The van der Waals surface area contributed by atoms with E-state index in [0.717, 1.165) is 24.3 Å². The van der Waals surface area contributed by atoms with E-state index in [1.807, 2.05) is 0 Å². The van der Waals surface area contributed by atoms with Crippen LogP contribution in [0.3, 0.4) is 0 Å². The minimum atomic E-state index is -7.49. The molecule has 0 saturated carbocycles. The molecule has 0 radical (unpaired) electrons. The Bertz CT molecular complexity index is 1310. The summed E-state index contributed by atoms with van der Waals surface area (Å²) >= 11 is 0. The molecule has 15 heteroatoms. The fourth-order valence-corrected chi connectivity index (χ4v) is 8.48. The molecule has 39 heavy (non-hydrogen) atoms. The average Bonchev–Trinajstić information content (AvgIpc) is 2.83. The molecule has 0 unspecified atom stereocenters. The summed E-state index contributed by atoms with van der Waals surface area (Å²) in [6.07, 6.45) is -7.25. The van der Waals surface area contributed by atoms with Crippen molar-refractivity contribution in [2.24, 2.45) is 0 Å². The minimum absolute atomic E-state index is 0.256. The molecule has 0 aromatic heterocycles. The zero-order valence-corrected chi connectivity index (χ0v) is 21.4. The number of rotatable bonds is 8. The molecule has 0 aliphatic heterocycles. The van der Waals surface area contributed by atoms with E-state index in [0.29, 0.717) is 11.1 Å². The Balaban J connectivity index is 2.38. The highest BCUT2D eigenvalue weighted by atomic mass is 32.3. The van der Waals surface area contributed by atoms with Crippen molar-refractivity contribution >= 4 is 20.4 Å². The highest BCUT2D eigenvalue weighted by molar-refractivity contribution is 8.33. The third-order valence-corrected chi connectivity index (χ3v) is 10.7. The van der Waals surface area contributed by atoms with Gasteiger partial charge in [0.1, 0.15) is 5.82 Å². The van der Waals surface area contributed by atoms with Gasteiger partial charge in [0, 0.05) is 14.7 Å². The molecule has 3 aromatic carbocycles. The second-order valence-corrected chi connectivity index (χ2v) is 12.8. The van der Waals surface area contributed by atoms with E-state index >= 15 is 0 Å². The molecule has 3 rings (SSSR count). The number of hydrogen-bond acceptors (Lipinski definition) is 3. The van der Waals surface area contributed by atoms with Crippen LogP contribution < -0.4 is 0 Å². The summed E-state index contributed by atoms with van der Waals surface area (Å²) < 4.78 is 167. The molecule has 0 bridgehead atoms. The van der Waals surface area contributed by atoms with Crippen LogP contribution in [0.2, 0.25) is 0 Å². The molecule has 3 aromatic rings. The van der Waals surface area contributed by atoms with Crippen LogP contribution >= 0.6 is 10.3 Å². The summed E-state index contributed by atoms with van der Waals surface area (Å²) in [7, 11) is -11.5. The lowest BCUT2D eigenvalue weighted by molar-refractivity contribution is -0.382. The first-order chi connectivity index (χ1) is 17.7. The molecule has 3 nitrogen and oxygen atoms in total. The van der Waals surface area contributed by atoms with Crippen molar-refractivity contribution in [1.29, 1.82) is 0 Å². The van der Waals surface area contributed by atoms with Gasteiger partial charge in [-0.25, -0.2) is 8.02 Å². The summed E-state index contributed by atoms with van der Waals surface area (Å²) in [6, 6.07) is 13.4. The third kappa shape index (κ3) is 5.11. The van der Waals surface area contributed by atoms with Gasteiger partial charge in [0.05, 0.1) is 0 Å². The van der Waals surface area contributed by atoms with Gasteiger partial charge in [-0.15, -0.1) is 0 Å². The molecule has 0 aliphatic rings. The fourth-order valence-electron chi connectivity index (χ4n) is 3.31. The number of benzene rings is 3. The van der Waals surface area contributed by atoms with E-state index in [9.17, 15) is 52.3 Å². The predicted octanol–water partition coefficient (Wildman–Crippen LogP) is 8.41. The first kappa shape index (κ1) is 30.8. The van der Waals surface area contributed by atoms with Gasteiger partial charge in [-0.3, -0.25) is 0 Å². The normalized spacial score (nSPS) is 14.4. The lowest BCUT2D eigenvalue weighted by Gasteiger charge is -2.41. The number of halogens is 10. The molecule has 0 aliphatic carbocycles. The van der Waals surface area contributed by atoms with Crippen molar-refractivity contribution in [2.75, 3.05) is 0 Å².